The number of carbonyl (C=O) groups excluding carboxylic acids is 3. The highest BCUT2D eigenvalue weighted by Gasteiger charge is 2.18. The number of quaternary nitrogens is 1. The number of carboxylic acids is 1. The second kappa shape index (κ2) is 10.3. The van der Waals surface area contributed by atoms with Crippen LogP contribution in [0.4, 0.5) is 5.69 Å². The quantitative estimate of drug-likeness (QED) is 0.342. The monoisotopic (exact) mass is 338 g/mol. The number of carbonyl (C=O) groups is 3. The number of rotatable bonds is 10. The third-order valence-corrected chi connectivity index (χ3v) is 3.20. The molecule has 24 heavy (non-hydrogen) atoms. The van der Waals surface area contributed by atoms with Gasteiger partial charge in [-0.15, -0.1) is 0 Å². The van der Waals surface area contributed by atoms with Gasteiger partial charge < -0.3 is 30.4 Å². The van der Waals surface area contributed by atoms with Crippen LogP contribution in [-0.4, -0.2) is 48.8 Å². The average Bonchev–Trinajstić information content (AvgIpc) is 2.54. The van der Waals surface area contributed by atoms with Crippen LogP contribution >= 0.6 is 0 Å². The van der Waals surface area contributed by atoms with Crippen molar-refractivity contribution in [2.45, 2.75) is 25.8 Å². The lowest BCUT2D eigenvalue weighted by Crippen LogP contribution is -2.93. The average molecular weight is 338 g/mol. The van der Waals surface area contributed by atoms with Crippen LogP contribution in [0, 0.1) is 0 Å². The van der Waals surface area contributed by atoms with Gasteiger partial charge in [-0.25, -0.2) is 4.79 Å². The molecule has 0 radical (unpaired) electrons. The lowest BCUT2D eigenvalue weighted by Gasteiger charge is -2.16. The summed E-state index contributed by atoms with van der Waals surface area (Å²) in [5.74, 6) is -2.26. The molecule has 8 heteroatoms. The van der Waals surface area contributed by atoms with Crippen molar-refractivity contribution < 1.29 is 34.7 Å². The number of nitrogens with one attached hydrogen (secondary N) is 1. The molecule has 1 atom stereocenters. The lowest BCUT2D eigenvalue weighted by atomic mass is 10.1. The Balaban J connectivity index is 2.56. The summed E-state index contributed by atoms with van der Waals surface area (Å²) in [6, 6.07) is 5.07. The number of ether oxygens (including phenoxy) is 1. The first kappa shape index (κ1) is 19.6. The number of nitrogens with two attached hydrogens (primary N) is 1. The minimum atomic E-state index is -1.33. The van der Waals surface area contributed by atoms with Crippen molar-refractivity contribution in [3.05, 3.63) is 29.8 Å². The molecule has 1 rings (SSSR count). The molecule has 1 aromatic rings. The van der Waals surface area contributed by atoms with Gasteiger partial charge in [-0.1, -0.05) is 0 Å². The third-order valence-electron chi connectivity index (χ3n) is 3.20. The van der Waals surface area contributed by atoms with Crippen LogP contribution < -0.4 is 15.7 Å². The molecule has 4 N–H and O–H groups in total. The van der Waals surface area contributed by atoms with E-state index in [4.69, 9.17) is 9.84 Å². The van der Waals surface area contributed by atoms with Crippen molar-refractivity contribution in [3.8, 4) is 0 Å². The first-order chi connectivity index (χ1) is 11.5. The predicted molar refractivity (Wildman–Crippen MR) is 82.9 cm³/mol. The molecule has 0 saturated carbocycles. The Hall–Kier alpha value is -2.45. The van der Waals surface area contributed by atoms with Crippen LogP contribution in [0.1, 0.15) is 30.1 Å². The number of amides is 1. The van der Waals surface area contributed by atoms with E-state index in [2.05, 4.69) is 5.32 Å². The van der Waals surface area contributed by atoms with Gasteiger partial charge in [0.1, 0.15) is 6.04 Å². The highest BCUT2D eigenvalue weighted by Crippen LogP contribution is 2.11. The van der Waals surface area contributed by atoms with Crippen LogP contribution in [0.5, 0.6) is 0 Å². The maximum absolute atomic E-state index is 11.9. The van der Waals surface area contributed by atoms with E-state index in [0.717, 1.165) is 0 Å². The zero-order valence-corrected chi connectivity index (χ0v) is 13.5. The first-order valence-corrected chi connectivity index (χ1v) is 7.70. The van der Waals surface area contributed by atoms with E-state index in [-0.39, 0.29) is 19.6 Å². The number of aliphatic hydroxyl groups is 1. The van der Waals surface area contributed by atoms with E-state index in [9.17, 15) is 19.5 Å². The first-order valence-electron chi connectivity index (χ1n) is 7.70. The molecule has 0 aromatic heterocycles. The second-order valence-corrected chi connectivity index (χ2v) is 5.08. The molecule has 0 aliphatic heterocycles. The van der Waals surface area contributed by atoms with Crippen molar-refractivity contribution in [3.63, 3.8) is 0 Å². The van der Waals surface area contributed by atoms with Crippen LogP contribution in [-0.2, 0) is 14.3 Å². The molecule has 0 bridgehead atoms. The van der Waals surface area contributed by atoms with Gasteiger partial charge in [-0.05, 0) is 31.2 Å². The largest absolute Gasteiger partial charge is 0.544 e. The summed E-state index contributed by atoms with van der Waals surface area (Å²) < 4.78 is 4.85. The SMILES string of the molecule is CCOC(=O)c1ccc(NC(=O)C[C@@H]([NH2+]CCCO)C(=O)[O-])cc1. The summed E-state index contributed by atoms with van der Waals surface area (Å²) in [5, 5.41) is 23.7. The van der Waals surface area contributed by atoms with Crippen LogP contribution in [0.2, 0.25) is 0 Å². The highest BCUT2D eigenvalue weighted by atomic mass is 16.5. The maximum Gasteiger partial charge on any atom is 0.338 e. The van der Waals surface area contributed by atoms with E-state index in [0.29, 0.717) is 24.2 Å². The summed E-state index contributed by atoms with van der Waals surface area (Å²) in [7, 11) is 0. The van der Waals surface area contributed by atoms with Crippen LogP contribution in [0.15, 0.2) is 24.3 Å². The van der Waals surface area contributed by atoms with Gasteiger partial charge in [-0.2, -0.15) is 0 Å². The van der Waals surface area contributed by atoms with Crippen molar-refractivity contribution in [1.82, 2.24) is 0 Å². The molecular formula is C16H22N2O6. The number of aliphatic hydroxyl groups excluding tert-OH is 1. The van der Waals surface area contributed by atoms with E-state index in [1.165, 1.54) is 29.6 Å². The van der Waals surface area contributed by atoms with Crippen molar-refractivity contribution in [2.75, 3.05) is 25.1 Å². The summed E-state index contributed by atoms with van der Waals surface area (Å²) in [4.78, 5) is 34.5. The van der Waals surface area contributed by atoms with Gasteiger partial charge in [-0.3, -0.25) is 4.79 Å². The van der Waals surface area contributed by atoms with Crippen molar-refractivity contribution in [1.29, 1.82) is 0 Å². The van der Waals surface area contributed by atoms with Gasteiger partial charge in [0, 0.05) is 18.7 Å². The summed E-state index contributed by atoms with van der Waals surface area (Å²) in [6.45, 7) is 2.32. The Kier molecular flexibility index (Phi) is 8.45. The van der Waals surface area contributed by atoms with Gasteiger partial charge in [0.05, 0.1) is 31.1 Å². The predicted octanol–water partition coefficient (Wildman–Crippen LogP) is -1.74. The Morgan fingerprint density at radius 1 is 1.29 bits per heavy atom. The fraction of sp³-hybridized carbons (Fsp3) is 0.438. The molecule has 0 aliphatic carbocycles. The van der Waals surface area contributed by atoms with E-state index >= 15 is 0 Å². The molecule has 0 aliphatic rings. The molecule has 0 saturated heterocycles. The minimum absolute atomic E-state index is 0.0464. The number of esters is 1. The normalized spacial score (nSPS) is 11.6. The number of hydrogen-bond donors (Lipinski definition) is 3. The maximum atomic E-state index is 11.9. The third kappa shape index (κ3) is 6.76. The summed E-state index contributed by atoms with van der Waals surface area (Å²) >= 11 is 0. The zero-order chi connectivity index (χ0) is 17.9. The lowest BCUT2D eigenvalue weighted by molar-refractivity contribution is -0.682. The molecule has 132 valence electrons. The smallest absolute Gasteiger partial charge is 0.338 e. The second-order valence-electron chi connectivity index (χ2n) is 5.08. The molecular weight excluding hydrogens is 316 g/mol. The molecule has 1 aromatic carbocycles. The molecule has 1 amide bonds. The summed E-state index contributed by atoms with van der Waals surface area (Å²) in [5.41, 5.74) is 0.806. The Morgan fingerprint density at radius 2 is 1.96 bits per heavy atom. The van der Waals surface area contributed by atoms with Gasteiger partial charge in [0.25, 0.3) is 0 Å². The Labute approximate surface area is 139 Å². The van der Waals surface area contributed by atoms with Gasteiger partial charge in [0.2, 0.25) is 5.91 Å². The van der Waals surface area contributed by atoms with Crippen LogP contribution in [0.25, 0.3) is 0 Å². The number of aliphatic carboxylic acids is 1. The molecule has 0 heterocycles. The van der Waals surface area contributed by atoms with Gasteiger partial charge >= 0.3 is 5.97 Å². The number of benzene rings is 1. The van der Waals surface area contributed by atoms with Crippen LogP contribution in [0.3, 0.4) is 0 Å². The Morgan fingerprint density at radius 3 is 2.50 bits per heavy atom. The highest BCUT2D eigenvalue weighted by molar-refractivity contribution is 5.94. The molecule has 0 spiro atoms. The van der Waals surface area contributed by atoms with E-state index < -0.39 is 23.9 Å². The zero-order valence-electron chi connectivity index (χ0n) is 13.5. The van der Waals surface area contributed by atoms with Crippen molar-refractivity contribution >= 4 is 23.5 Å². The fourth-order valence-corrected chi connectivity index (χ4v) is 1.99. The van der Waals surface area contributed by atoms with E-state index in [1.807, 2.05) is 0 Å². The van der Waals surface area contributed by atoms with Crippen molar-refractivity contribution in [2.24, 2.45) is 0 Å². The number of anilines is 1. The number of hydrogen-bond acceptors (Lipinski definition) is 6. The molecule has 0 unspecified atom stereocenters. The number of carboxylic acid groups (broad SMARTS) is 1. The molecule has 8 nitrogen and oxygen atoms in total. The van der Waals surface area contributed by atoms with E-state index in [1.54, 1.807) is 6.92 Å². The molecule has 0 fully saturated rings. The summed E-state index contributed by atoms with van der Waals surface area (Å²) in [6.07, 6.45) is 0.175. The fourth-order valence-electron chi connectivity index (χ4n) is 1.99. The Bertz CT molecular complexity index is 558. The van der Waals surface area contributed by atoms with Gasteiger partial charge in [0.15, 0.2) is 0 Å². The topological polar surface area (TPSA) is 132 Å². The standard InChI is InChI=1S/C16H22N2O6/c1-2-24-16(23)11-4-6-12(7-5-11)18-14(20)10-13(15(21)22)17-8-3-9-19/h4-7,13,17,19H,2-3,8-10H2,1H3,(H,18,20)(H,21,22)/t13-/m1/s1. The minimum Gasteiger partial charge on any atom is -0.544 e.